The van der Waals surface area contributed by atoms with Gasteiger partial charge in [0.2, 0.25) is 0 Å². The zero-order valence-electron chi connectivity index (χ0n) is 70.4. The molecule has 20 atom stereocenters. The van der Waals surface area contributed by atoms with E-state index in [4.69, 9.17) is 0 Å². The molecule has 2 bridgehead atoms. The molecule has 101 heavy (non-hydrogen) atoms. The van der Waals surface area contributed by atoms with Gasteiger partial charge < -0.3 is 0 Å². The van der Waals surface area contributed by atoms with Crippen LogP contribution in [0.3, 0.4) is 0 Å². The number of allylic oxidation sites excluding steroid dienone is 2. The van der Waals surface area contributed by atoms with Crippen LogP contribution in [-0.2, 0) is 5.41 Å². The van der Waals surface area contributed by atoms with Gasteiger partial charge in [0.05, 0.1) is 0 Å². The summed E-state index contributed by atoms with van der Waals surface area (Å²) in [4.78, 5) is 0. The Morgan fingerprint density at radius 3 is 0.723 bits per heavy atom. The summed E-state index contributed by atoms with van der Waals surface area (Å²) in [6.45, 7) is 65.6. The molecule has 20 unspecified atom stereocenters. The first-order valence-electron chi connectivity index (χ1n) is 41.7. The lowest BCUT2D eigenvalue weighted by Gasteiger charge is -2.50. The summed E-state index contributed by atoms with van der Waals surface area (Å²) in [7, 11) is 0. The van der Waals surface area contributed by atoms with Crippen molar-refractivity contribution in [2.75, 3.05) is 0 Å². The Morgan fingerprint density at radius 1 is 0.267 bits per heavy atom. The largest absolute Gasteiger partial charge is 0.402 e. The van der Waals surface area contributed by atoms with Crippen LogP contribution in [0.25, 0.3) is 0 Å². The van der Waals surface area contributed by atoms with E-state index >= 15 is 0 Å². The van der Waals surface area contributed by atoms with Crippen molar-refractivity contribution < 1.29 is 13.2 Å². The first-order chi connectivity index (χ1) is 47.2. The molecule has 0 amide bonds. The van der Waals surface area contributed by atoms with E-state index in [2.05, 4.69) is 227 Å². The van der Waals surface area contributed by atoms with Crippen LogP contribution in [0, 0.1) is 221 Å². The summed E-state index contributed by atoms with van der Waals surface area (Å²) in [6, 6.07) is 22.7. The third-order valence-electron chi connectivity index (χ3n) is 31.3. The lowest BCUT2D eigenvalue weighted by Crippen LogP contribution is -2.44. The fourth-order valence-electron chi connectivity index (χ4n) is 19.6. The summed E-state index contributed by atoms with van der Waals surface area (Å²) in [5.41, 5.74) is 9.66. The molecule has 4 aromatic carbocycles. The molecule has 0 saturated heterocycles. The van der Waals surface area contributed by atoms with Gasteiger partial charge in [-0.1, -0.05) is 237 Å². The quantitative estimate of drug-likeness (QED) is 0.141. The zero-order chi connectivity index (χ0) is 75.4. The van der Waals surface area contributed by atoms with Crippen molar-refractivity contribution in [3.05, 3.63) is 152 Å². The minimum Gasteiger partial charge on any atom is -0.170 e. The van der Waals surface area contributed by atoms with Gasteiger partial charge in [-0.2, -0.15) is 13.2 Å². The third kappa shape index (κ3) is 22.3. The van der Waals surface area contributed by atoms with Gasteiger partial charge in [0, 0.05) is 11.1 Å². The van der Waals surface area contributed by atoms with Crippen LogP contribution in [0.1, 0.15) is 296 Å². The minimum atomic E-state index is -4.36. The first kappa shape index (κ1) is 85.9. The van der Waals surface area contributed by atoms with Gasteiger partial charge in [0.25, 0.3) is 0 Å². The zero-order valence-corrected chi connectivity index (χ0v) is 70.4. The SMILES string of the molecule is CC1C(C)C(C)C1C.CC1C(C)C2C=CC1C(C)C2C.CC1CC(C)C(C)C1C.CC1CCC(C2CCC(C)C(C)C2)CC1C.CC1CCC(C2CCC(C)C(C)C2)CC1C.Cc1ccc(C#Cc2ccc(C)c(C)c2)cc1C.Cc1ccc(C(C)(c2ccc(C)c(C)c2)C(F)(F)F)cc1C. The minimum absolute atomic E-state index is 0.284. The van der Waals surface area contributed by atoms with E-state index in [1.807, 2.05) is 27.7 Å². The van der Waals surface area contributed by atoms with E-state index in [0.717, 1.165) is 187 Å². The van der Waals surface area contributed by atoms with E-state index < -0.39 is 11.6 Å². The maximum atomic E-state index is 13.9. The molecule has 566 valence electrons. The van der Waals surface area contributed by atoms with Gasteiger partial charge in [-0.25, -0.2) is 0 Å². The van der Waals surface area contributed by atoms with E-state index in [1.54, 1.807) is 36.4 Å². The molecular weight excluding hydrogens is 1230 g/mol. The van der Waals surface area contributed by atoms with Crippen LogP contribution in [0.15, 0.2) is 84.9 Å². The molecule has 13 rings (SSSR count). The molecule has 4 aromatic rings. The number of hydrogen-bond donors (Lipinski definition) is 0. The number of alkyl halides is 3. The van der Waals surface area contributed by atoms with Gasteiger partial charge in [0.1, 0.15) is 5.41 Å². The van der Waals surface area contributed by atoms with Crippen molar-refractivity contribution in [3.63, 3.8) is 0 Å². The Hall–Kier alpha value is -4.03. The van der Waals surface area contributed by atoms with Crippen LogP contribution >= 0.6 is 0 Å². The molecule has 0 N–H and O–H groups in total. The summed E-state index contributed by atoms with van der Waals surface area (Å²) in [6.07, 6.45) is 20.2. The molecule has 0 heterocycles. The molecule has 0 aromatic heterocycles. The maximum Gasteiger partial charge on any atom is 0.402 e. The predicted molar refractivity (Wildman–Crippen MR) is 436 cm³/mol. The second-order valence-corrected chi connectivity index (χ2v) is 37.5. The Bertz CT molecular complexity index is 2980. The molecule has 0 radical (unpaired) electrons. The van der Waals surface area contributed by atoms with Crippen molar-refractivity contribution in [3.8, 4) is 11.8 Å². The van der Waals surface area contributed by atoms with Crippen molar-refractivity contribution in [1.29, 1.82) is 0 Å². The van der Waals surface area contributed by atoms with Gasteiger partial charge in [0.15, 0.2) is 0 Å². The van der Waals surface area contributed by atoms with Crippen molar-refractivity contribution in [2.24, 2.45) is 154 Å². The average molecular weight is 1390 g/mol. The van der Waals surface area contributed by atoms with E-state index in [-0.39, 0.29) is 11.1 Å². The Morgan fingerprint density at radius 2 is 0.515 bits per heavy atom. The standard InChI is InChI=1S/C19H21F3.C18H18.2C16H30.C12H20.C9H18.C8H16/c1-12-6-8-16(10-14(12)3)18(5,19(20,21)22)17-9-7-13(2)15(4)11-17;1-13-5-7-17(11-15(13)3)9-10-18-8-6-14(2)16(4)12-18;2*1-11-5-7-15(9-13(11)3)16-8-6-12(2)14(4)10-16;1-7-8(2)12-6-5-11(7)9(3)10(12)4;1-6-5-7(2)9(4)8(6)3;1-5-6(2)8(4)7(5)3/h6-11H,1-5H3;5-8,11-12H,1-4H3;2*11-16H,5-10H2,1-4H3;5-12H,1-4H3;6-9H,5H2,1-4H3;5-8H,1-4H3. The van der Waals surface area contributed by atoms with Crippen LogP contribution in [0.4, 0.5) is 13.2 Å². The summed E-state index contributed by atoms with van der Waals surface area (Å²) in [5.74, 6) is 31.7. The van der Waals surface area contributed by atoms with Gasteiger partial charge in [-0.3, -0.25) is 0 Å². The molecule has 0 spiro atoms. The maximum absolute atomic E-state index is 13.9. The fourth-order valence-corrected chi connectivity index (χ4v) is 19.6. The third-order valence-corrected chi connectivity index (χ3v) is 31.3. The highest BCUT2D eigenvalue weighted by atomic mass is 19.4. The van der Waals surface area contributed by atoms with Crippen LogP contribution in [-0.4, -0.2) is 6.18 Å². The van der Waals surface area contributed by atoms with Crippen molar-refractivity contribution in [2.45, 2.75) is 296 Å². The number of hydrogen-bond acceptors (Lipinski definition) is 0. The monoisotopic (exact) mass is 1390 g/mol. The topological polar surface area (TPSA) is 0 Å². The summed E-state index contributed by atoms with van der Waals surface area (Å²) >= 11 is 0. The Balaban J connectivity index is 0.000000189. The van der Waals surface area contributed by atoms with E-state index in [1.165, 1.54) is 113 Å². The summed E-state index contributed by atoms with van der Waals surface area (Å²) in [5, 5.41) is 0. The molecule has 3 heteroatoms. The molecule has 9 aliphatic carbocycles. The van der Waals surface area contributed by atoms with Crippen molar-refractivity contribution in [1.82, 2.24) is 0 Å². The Labute approximate surface area is 622 Å². The van der Waals surface area contributed by atoms with Crippen LogP contribution in [0.2, 0.25) is 0 Å². The molecule has 7 fully saturated rings. The predicted octanol–water partition coefficient (Wildman–Crippen LogP) is 29.2. The highest BCUT2D eigenvalue weighted by Gasteiger charge is 2.54. The van der Waals surface area contributed by atoms with Gasteiger partial charge >= 0.3 is 6.18 Å². The second-order valence-electron chi connectivity index (χ2n) is 37.5. The van der Waals surface area contributed by atoms with Crippen molar-refractivity contribution >= 4 is 0 Å². The number of fused-ring (bicyclic) bond motifs is 2. The smallest absolute Gasteiger partial charge is 0.170 e. The summed E-state index contributed by atoms with van der Waals surface area (Å²) < 4.78 is 41.8. The molecule has 9 aliphatic rings. The number of benzene rings is 4. The van der Waals surface area contributed by atoms with Crippen LogP contribution < -0.4 is 0 Å². The van der Waals surface area contributed by atoms with Crippen LogP contribution in [0.5, 0.6) is 0 Å². The van der Waals surface area contributed by atoms with Gasteiger partial charge in [-0.05, 0) is 354 Å². The number of aryl methyl sites for hydroxylation is 8. The molecule has 0 aliphatic heterocycles. The normalized spacial score (nSPS) is 36.3. The highest BCUT2D eigenvalue weighted by molar-refractivity contribution is 5.48. The first-order valence-corrected chi connectivity index (χ1v) is 41.7. The molecule has 0 nitrogen and oxygen atoms in total. The number of halogens is 3. The average Bonchev–Trinajstić information content (AvgIpc) is 1.05. The second kappa shape index (κ2) is 38.0. The Kier molecular flexibility index (Phi) is 32.3. The van der Waals surface area contributed by atoms with Gasteiger partial charge in [-0.15, -0.1) is 0 Å². The highest BCUT2D eigenvalue weighted by Crippen LogP contribution is 2.52. The lowest BCUT2D eigenvalue weighted by molar-refractivity contribution is -0.173. The van der Waals surface area contributed by atoms with E-state index in [9.17, 15) is 13.2 Å². The molecular formula is C98H153F3. The molecule has 7 saturated carbocycles. The fraction of sp³-hybridized carbons (Fsp3) is 0.714. The number of rotatable bonds is 4. The lowest BCUT2D eigenvalue weighted by atomic mass is 9.55. The van der Waals surface area contributed by atoms with E-state index in [0.29, 0.717) is 0 Å².